The summed E-state index contributed by atoms with van der Waals surface area (Å²) < 4.78 is 0. The van der Waals surface area contributed by atoms with Crippen LogP contribution in [0.1, 0.15) is 17.0 Å². The first-order valence-corrected chi connectivity index (χ1v) is 9.28. The Kier molecular flexibility index (Phi) is 4.52. The third-order valence-electron chi connectivity index (χ3n) is 4.49. The van der Waals surface area contributed by atoms with Gasteiger partial charge in [0.05, 0.1) is 12.1 Å². The van der Waals surface area contributed by atoms with Gasteiger partial charge in [-0.1, -0.05) is 6.07 Å². The van der Waals surface area contributed by atoms with Crippen LogP contribution < -0.4 is 0 Å². The van der Waals surface area contributed by atoms with E-state index in [1.165, 1.54) is 5.56 Å². The summed E-state index contributed by atoms with van der Waals surface area (Å²) in [7, 11) is 0. The maximum absolute atomic E-state index is 12.6. The SMILES string of the molecule is O=C(Cc1ccccn1)N1CCc2ncnc(-c3ccsc3)c2CC1. The lowest BCUT2D eigenvalue weighted by Crippen LogP contribution is -2.34. The second-order valence-corrected chi connectivity index (χ2v) is 6.82. The molecule has 0 saturated heterocycles. The fraction of sp³-hybridized carbons (Fsp3) is 0.263. The number of hydrogen-bond acceptors (Lipinski definition) is 5. The Hall–Kier alpha value is -2.60. The highest BCUT2D eigenvalue weighted by Gasteiger charge is 2.22. The highest BCUT2D eigenvalue weighted by Crippen LogP contribution is 2.27. The number of hydrogen-bond donors (Lipinski definition) is 0. The van der Waals surface area contributed by atoms with Gasteiger partial charge in [0.1, 0.15) is 6.33 Å². The predicted octanol–water partition coefficient (Wildman–Crippen LogP) is 2.77. The van der Waals surface area contributed by atoms with E-state index >= 15 is 0 Å². The van der Waals surface area contributed by atoms with Crippen LogP contribution in [0.5, 0.6) is 0 Å². The third-order valence-corrected chi connectivity index (χ3v) is 5.17. The molecule has 0 saturated carbocycles. The summed E-state index contributed by atoms with van der Waals surface area (Å²) in [5, 5.41) is 4.17. The second-order valence-electron chi connectivity index (χ2n) is 6.04. The van der Waals surface area contributed by atoms with Gasteiger partial charge in [-0.25, -0.2) is 9.97 Å². The van der Waals surface area contributed by atoms with Crippen molar-refractivity contribution in [1.29, 1.82) is 0 Å². The Balaban J connectivity index is 1.52. The molecule has 0 unspecified atom stereocenters. The number of nitrogens with zero attached hydrogens (tertiary/aromatic N) is 4. The molecule has 0 N–H and O–H groups in total. The second kappa shape index (κ2) is 7.11. The molecule has 3 aromatic heterocycles. The number of amides is 1. The molecule has 0 bridgehead atoms. The molecule has 0 fully saturated rings. The summed E-state index contributed by atoms with van der Waals surface area (Å²) in [5.41, 5.74) is 5.19. The molecule has 0 aliphatic carbocycles. The first-order chi connectivity index (χ1) is 12.3. The van der Waals surface area contributed by atoms with Crippen molar-refractivity contribution in [2.45, 2.75) is 19.3 Å². The van der Waals surface area contributed by atoms with Crippen molar-refractivity contribution in [2.24, 2.45) is 0 Å². The molecule has 0 radical (unpaired) electrons. The molecule has 6 heteroatoms. The van der Waals surface area contributed by atoms with Crippen LogP contribution in [0.2, 0.25) is 0 Å². The zero-order valence-electron chi connectivity index (χ0n) is 13.8. The third kappa shape index (κ3) is 3.44. The molecule has 4 heterocycles. The average molecular weight is 350 g/mol. The van der Waals surface area contributed by atoms with E-state index in [1.807, 2.05) is 23.1 Å². The fourth-order valence-corrected chi connectivity index (χ4v) is 3.83. The minimum atomic E-state index is 0.122. The number of pyridine rings is 1. The van der Waals surface area contributed by atoms with E-state index in [0.29, 0.717) is 19.5 Å². The normalized spacial score (nSPS) is 14.0. The van der Waals surface area contributed by atoms with Crippen LogP contribution in [0, 0.1) is 0 Å². The van der Waals surface area contributed by atoms with Crippen LogP contribution in [-0.2, 0) is 24.1 Å². The smallest absolute Gasteiger partial charge is 0.228 e. The lowest BCUT2D eigenvalue weighted by Gasteiger charge is -2.20. The highest BCUT2D eigenvalue weighted by atomic mass is 32.1. The van der Waals surface area contributed by atoms with Crippen molar-refractivity contribution >= 4 is 17.2 Å². The van der Waals surface area contributed by atoms with E-state index in [1.54, 1.807) is 23.9 Å². The van der Waals surface area contributed by atoms with Crippen molar-refractivity contribution in [3.8, 4) is 11.3 Å². The number of carbonyl (C=O) groups is 1. The van der Waals surface area contributed by atoms with Crippen LogP contribution in [0.4, 0.5) is 0 Å². The molecule has 4 rings (SSSR count). The first-order valence-electron chi connectivity index (χ1n) is 8.34. The predicted molar refractivity (Wildman–Crippen MR) is 97.3 cm³/mol. The summed E-state index contributed by atoms with van der Waals surface area (Å²) in [4.78, 5) is 27.8. The fourth-order valence-electron chi connectivity index (χ4n) is 3.19. The topological polar surface area (TPSA) is 59.0 Å². The van der Waals surface area contributed by atoms with Gasteiger partial charge in [0, 0.05) is 53.6 Å². The number of thiophene rings is 1. The van der Waals surface area contributed by atoms with E-state index in [4.69, 9.17) is 0 Å². The Morgan fingerprint density at radius 1 is 1.12 bits per heavy atom. The lowest BCUT2D eigenvalue weighted by atomic mass is 10.0. The Labute approximate surface area is 150 Å². The average Bonchev–Trinajstić information content (AvgIpc) is 3.08. The monoisotopic (exact) mass is 350 g/mol. The molecule has 5 nitrogen and oxygen atoms in total. The zero-order chi connectivity index (χ0) is 17.1. The van der Waals surface area contributed by atoms with E-state index in [2.05, 4.69) is 31.8 Å². The standard InChI is InChI=1S/C19H18N4OS/c24-18(11-15-3-1-2-7-20-15)23-8-4-16-17(5-9-23)21-13-22-19(16)14-6-10-25-12-14/h1-3,6-7,10,12-13H,4-5,8-9,11H2. The molecule has 1 aliphatic heterocycles. The van der Waals surface area contributed by atoms with Gasteiger partial charge in [0.15, 0.2) is 0 Å². The minimum Gasteiger partial charge on any atom is -0.342 e. The Morgan fingerprint density at radius 2 is 2.04 bits per heavy atom. The summed E-state index contributed by atoms with van der Waals surface area (Å²) in [6.45, 7) is 1.39. The van der Waals surface area contributed by atoms with Crippen LogP contribution in [0.3, 0.4) is 0 Å². The molecule has 1 aliphatic rings. The van der Waals surface area contributed by atoms with E-state index in [-0.39, 0.29) is 5.91 Å². The van der Waals surface area contributed by atoms with Gasteiger partial charge in [0.2, 0.25) is 5.91 Å². The van der Waals surface area contributed by atoms with Gasteiger partial charge < -0.3 is 4.90 Å². The molecule has 1 amide bonds. The lowest BCUT2D eigenvalue weighted by molar-refractivity contribution is -0.130. The molecule has 0 atom stereocenters. The van der Waals surface area contributed by atoms with Gasteiger partial charge >= 0.3 is 0 Å². The molecule has 0 aromatic carbocycles. The summed E-state index contributed by atoms with van der Waals surface area (Å²) in [6, 6.07) is 7.75. The molecular weight excluding hydrogens is 332 g/mol. The maximum atomic E-state index is 12.6. The van der Waals surface area contributed by atoms with Crippen molar-refractivity contribution in [1.82, 2.24) is 19.9 Å². The van der Waals surface area contributed by atoms with Crippen molar-refractivity contribution in [3.63, 3.8) is 0 Å². The maximum Gasteiger partial charge on any atom is 0.228 e. The van der Waals surface area contributed by atoms with E-state index in [9.17, 15) is 4.79 Å². The number of rotatable bonds is 3. The summed E-state index contributed by atoms with van der Waals surface area (Å²) in [6.07, 6.45) is 5.26. The highest BCUT2D eigenvalue weighted by molar-refractivity contribution is 7.08. The van der Waals surface area contributed by atoms with Crippen LogP contribution in [0.25, 0.3) is 11.3 Å². The molecule has 3 aromatic rings. The van der Waals surface area contributed by atoms with Crippen LogP contribution >= 0.6 is 11.3 Å². The quantitative estimate of drug-likeness (QED) is 0.729. The number of fused-ring (bicyclic) bond motifs is 1. The largest absolute Gasteiger partial charge is 0.342 e. The van der Waals surface area contributed by atoms with Crippen molar-refractivity contribution in [2.75, 3.05) is 13.1 Å². The zero-order valence-corrected chi connectivity index (χ0v) is 14.6. The van der Waals surface area contributed by atoms with Gasteiger partial charge in [-0.2, -0.15) is 11.3 Å². The van der Waals surface area contributed by atoms with Crippen LogP contribution in [-0.4, -0.2) is 38.8 Å². The van der Waals surface area contributed by atoms with Crippen molar-refractivity contribution in [3.05, 3.63) is 64.5 Å². The number of aromatic nitrogens is 3. The van der Waals surface area contributed by atoms with Gasteiger partial charge in [-0.15, -0.1) is 0 Å². The first kappa shape index (κ1) is 15.9. The summed E-state index contributed by atoms with van der Waals surface area (Å²) >= 11 is 1.67. The van der Waals surface area contributed by atoms with Gasteiger partial charge in [0.25, 0.3) is 0 Å². The van der Waals surface area contributed by atoms with Gasteiger partial charge in [-0.3, -0.25) is 9.78 Å². The molecular formula is C19H18N4OS. The molecule has 126 valence electrons. The Bertz CT molecular complexity index is 864. The minimum absolute atomic E-state index is 0.122. The molecule has 0 spiro atoms. The Morgan fingerprint density at radius 3 is 2.84 bits per heavy atom. The molecule has 25 heavy (non-hydrogen) atoms. The van der Waals surface area contributed by atoms with Gasteiger partial charge in [-0.05, 0) is 30.0 Å². The van der Waals surface area contributed by atoms with E-state index < -0.39 is 0 Å². The van der Waals surface area contributed by atoms with Crippen molar-refractivity contribution < 1.29 is 4.79 Å². The van der Waals surface area contributed by atoms with Crippen LogP contribution in [0.15, 0.2) is 47.5 Å². The summed E-state index contributed by atoms with van der Waals surface area (Å²) in [5.74, 6) is 0.122. The number of carbonyl (C=O) groups excluding carboxylic acids is 1. The van der Waals surface area contributed by atoms with E-state index in [0.717, 1.165) is 35.5 Å².